The standard InChI is InChI=1S/C18H34F3NO/c1-3-5-7-9-11-13-15-22(17(23)18(19,20)21)16-14-12-10-8-6-4-2/h3-16H2,1-2H3. The highest BCUT2D eigenvalue weighted by Crippen LogP contribution is 2.20. The topological polar surface area (TPSA) is 20.3 Å². The lowest BCUT2D eigenvalue weighted by atomic mass is 10.1. The van der Waals surface area contributed by atoms with E-state index in [4.69, 9.17) is 0 Å². The molecule has 0 aliphatic heterocycles. The van der Waals surface area contributed by atoms with E-state index in [-0.39, 0.29) is 13.1 Å². The van der Waals surface area contributed by atoms with Crippen molar-refractivity contribution in [2.24, 2.45) is 0 Å². The van der Waals surface area contributed by atoms with Crippen LogP contribution in [-0.4, -0.2) is 30.1 Å². The Morgan fingerprint density at radius 1 is 0.696 bits per heavy atom. The molecule has 138 valence electrons. The van der Waals surface area contributed by atoms with E-state index < -0.39 is 12.1 Å². The van der Waals surface area contributed by atoms with Crippen molar-refractivity contribution in [3.63, 3.8) is 0 Å². The van der Waals surface area contributed by atoms with Crippen LogP contribution in [0.4, 0.5) is 13.2 Å². The van der Waals surface area contributed by atoms with Crippen LogP contribution in [0.2, 0.25) is 0 Å². The van der Waals surface area contributed by atoms with Gasteiger partial charge >= 0.3 is 12.1 Å². The summed E-state index contributed by atoms with van der Waals surface area (Å²) in [6.45, 7) is 4.73. The number of unbranched alkanes of at least 4 members (excludes halogenated alkanes) is 10. The van der Waals surface area contributed by atoms with Crippen LogP contribution in [0.1, 0.15) is 90.9 Å². The van der Waals surface area contributed by atoms with Gasteiger partial charge in [-0.15, -0.1) is 0 Å². The highest BCUT2D eigenvalue weighted by molar-refractivity contribution is 5.81. The van der Waals surface area contributed by atoms with Crippen molar-refractivity contribution in [2.75, 3.05) is 13.1 Å². The van der Waals surface area contributed by atoms with E-state index in [0.29, 0.717) is 12.8 Å². The summed E-state index contributed by atoms with van der Waals surface area (Å²) in [6, 6.07) is 0. The largest absolute Gasteiger partial charge is 0.471 e. The smallest absolute Gasteiger partial charge is 0.335 e. The second-order valence-corrected chi connectivity index (χ2v) is 6.33. The molecule has 0 bridgehead atoms. The maximum Gasteiger partial charge on any atom is 0.471 e. The maximum atomic E-state index is 12.7. The van der Waals surface area contributed by atoms with E-state index in [1.54, 1.807) is 0 Å². The van der Waals surface area contributed by atoms with Crippen molar-refractivity contribution in [2.45, 2.75) is 97.1 Å². The van der Waals surface area contributed by atoms with Crippen LogP contribution in [0.5, 0.6) is 0 Å². The van der Waals surface area contributed by atoms with Crippen molar-refractivity contribution >= 4 is 5.91 Å². The van der Waals surface area contributed by atoms with E-state index in [1.165, 1.54) is 12.8 Å². The van der Waals surface area contributed by atoms with Crippen LogP contribution >= 0.6 is 0 Å². The molecule has 0 fully saturated rings. The summed E-state index contributed by atoms with van der Waals surface area (Å²) in [7, 11) is 0. The maximum absolute atomic E-state index is 12.7. The van der Waals surface area contributed by atoms with Crippen LogP contribution in [0.3, 0.4) is 0 Å². The highest BCUT2D eigenvalue weighted by Gasteiger charge is 2.41. The number of nitrogens with zero attached hydrogens (tertiary/aromatic N) is 1. The van der Waals surface area contributed by atoms with E-state index >= 15 is 0 Å². The van der Waals surface area contributed by atoms with Crippen LogP contribution in [0.15, 0.2) is 0 Å². The van der Waals surface area contributed by atoms with Gasteiger partial charge in [0.15, 0.2) is 0 Å². The molecule has 0 aliphatic carbocycles. The number of halogens is 3. The molecule has 2 nitrogen and oxygen atoms in total. The van der Waals surface area contributed by atoms with Gasteiger partial charge in [0.2, 0.25) is 0 Å². The van der Waals surface area contributed by atoms with Gasteiger partial charge in [0.05, 0.1) is 0 Å². The minimum Gasteiger partial charge on any atom is -0.335 e. The monoisotopic (exact) mass is 337 g/mol. The predicted octanol–water partition coefficient (Wildman–Crippen LogP) is 6.10. The first-order valence-corrected chi connectivity index (χ1v) is 9.29. The van der Waals surface area contributed by atoms with Gasteiger partial charge in [0.25, 0.3) is 0 Å². The van der Waals surface area contributed by atoms with Gasteiger partial charge < -0.3 is 4.90 Å². The molecule has 0 aliphatic rings. The molecule has 0 radical (unpaired) electrons. The summed E-state index contributed by atoms with van der Waals surface area (Å²) < 4.78 is 38.0. The summed E-state index contributed by atoms with van der Waals surface area (Å²) in [5.74, 6) is -1.67. The Morgan fingerprint density at radius 3 is 1.39 bits per heavy atom. The third-order valence-electron chi connectivity index (χ3n) is 4.09. The van der Waals surface area contributed by atoms with Gasteiger partial charge in [0, 0.05) is 13.1 Å². The second-order valence-electron chi connectivity index (χ2n) is 6.33. The molecule has 0 saturated carbocycles. The second kappa shape index (κ2) is 13.7. The van der Waals surface area contributed by atoms with Gasteiger partial charge in [0.1, 0.15) is 0 Å². The Kier molecular flexibility index (Phi) is 13.2. The third-order valence-corrected chi connectivity index (χ3v) is 4.09. The lowest BCUT2D eigenvalue weighted by Gasteiger charge is -2.23. The number of carbonyl (C=O) groups excluding carboxylic acids is 1. The lowest BCUT2D eigenvalue weighted by Crippen LogP contribution is -2.42. The molecule has 23 heavy (non-hydrogen) atoms. The first-order valence-electron chi connectivity index (χ1n) is 9.29. The lowest BCUT2D eigenvalue weighted by molar-refractivity contribution is -0.185. The van der Waals surface area contributed by atoms with E-state index in [1.807, 2.05) is 0 Å². The number of amides is 1. The third kappa shape index (κ3) is 12.4. The Balaban J connectivity index is 4.07. The number of alkyl halides is 3. The van der Waals surface area contributed by atoms with E-state index in [0.717, 1.165) is 56.3 Å². The molecule has 0 aromatic rings. The fourth-order valence-electron chi connectivity index (χ4n) is 2.66. The first kappa shape index (κ1) is 22.3. The average molecular weight is 337 g/mol. The summed E-state index contributed by atoms with van der Waals surface area (Å²) in [4.78, 5) is 12.5. The Bertz CT molecular complexity index is 276. The molecule has 0 aromatic heterocycles. The zero-order chi connectivity index (χ0) is 17.6. The van der Waals surface area contributed by atoms with Gasteiger partial charge in [-0.1, -0.05) is 78.1 Å². The van der Waals surface area contributed by atoms with Crippen LogP contribution in [0, 0.1) is 0 Å². The minimum absolute atomic E-state index is 0.236. The molecule has 0 unspecified atom stereocenters. The predicted molar refractivity (Wildman–Crippen MR) is 89.4 cm³/mol. The molecule has 0 aromatic carbocycles. The summed E-state index contributed by atoms with van der Waals surface area (Å²) in [5, 5.41) is 0. The molecule has 1 amide bonds. The molecule has 0 atom stereocenters. The molecule has 0 heterocycles. The molecule has 0 N–H and O–H groups in total. The van der Waals surface area contributed by atoms with Crippen LogP contribution in [0.25, 0.3) is 0 Å². The van der Waals surface area contributed by atoms with Crippen molar-refractivity contribution < 1.29 is 18.0 Å². The highest BCUT2D eigenvalue weighted by atomic mass is 19.4. The molecule has 0 rings (SSSR count). The molecule has 5 heteroatoms. The number of rotatable bonds is 14. The van der Waals surface area contributed by atoms with Crippen molar-refractivity contribution in [1.82, 2.24) is 4.90 Å². The summed E-state index contributed by atoms with van der Waals surface area (Å²) in [6.07, 6.45) is 7.36. The SMILES string of the molecule is CCCCCCCCN(CCCCCCCC)C(=O)C(F)(F)F. The number of carbonyl (C=O) groups is 1. The first-order chi connectivity index (χ1) is 10.9. The Morgan fingerprint density at radius 2 is 1.04 bits per heavy atom. The normalized spacial score (nSPS) is 11.7. The number of hydrogen-bond donors (Lipinski definition) is 0. The van der Waals surface area contributed by atoms with Gasteiger partial charge in [-0.05, 0) is 12.8 Å². The molecule has 0 saturated heterocycles. The molecular weight excluding hydrogens is 303 g/mol. The number of hydrogen-bond acceptors (Lipinski definition) is 1. The van der Waals surface area contributed by atoms with Gasteiger partial charge in [-0.25, -0.2) is 0 Å². The quantitative estimate of drug-likeness (QED) is 0.351. The zero-order valence-electron chi connectivity index (χ0n) is 14.9. The Labute approximate surface area is 139 Å². The fourth-order valence-corrected chi connectivity index (χ4v) is 2.66. The van der Waals surface area contributed by atoms with Crippen LogP contribution in [-0.2, 0) is 4.79 Å². The molecular formula is C18H34F3NO. The average Bonchev–Trinajstić information content (AvgIpc) is 2.50. The zero-order valence-corrected chi connectivity index (χ0v) is 14.9. The van der Waals surface area contributed by atoms with E-state index in [2.05, 4.69) is 13.8 Å². The van der Waals surface area contributed by atoms with Crippen molar-refractivity contribution in [3.8, 4) is 0 Å². The van der Waals surface area contributed by atoms with Gasteiger partial charge in [-0.2, -0.15) is 13.2 Å². The van der Waals surface area contributed by atoms with Crippen molar-refractivity contribution in [1.29, 1.82) is 0 Å². The van der Waals surface area contributed by atoms with Crippen LogP contribution < -0.4 is 0 Å². The summed E-state index contributed by atoms with van der Waals surface area (Å²) in [5.41, 5.74) is 0. The Hall–Kier alpha value is -0.740. The molecule has 0 spiro atoms. The minimum atomic E-state index is -4.75. The van der Waals surface area contributed by atoms with Gasteiger partial charge in [-0.3, -0.25) is 4.79 Å². The van der Waals surface area contributed by atoms with Crippen molar-refractivity contribution in [3.05, 3.63) is 0 Å². The fraction of sp³-hybridized carbons (Fsp3) is 0.944. The summed E-state index contributed by atoms with van der Waals surface area (Å²) >= 11 is 0. The van der Waals surface area contributed by atoms with E-state index in [9.17, 15) is 18.0 Å².